The lowest BCUT2D eigenvalue weighted by atomic mass is 10.1. The molecule has 1 aliphatic heterocycles. The minimum Gasteiger partial charge on any atom is -0.490 e. The van der Waals surface area contributed by atoms with Gasteiger partial charge in [-0.3, -0.25) is 4.79 Å². The lowest BCUT2D eigenvalue weighted by Gasteiger charge is -2.08. The molecule has 0 fully saturated rings. The van der Waals surface area contributed by atoms with Gasteiger partial charge in [0.15, 0.2) is 6.61 Å². The Morgan fingerprint density at radius 2 is 2.10 bits per heavy atom. The molecule has 0 aromatic heterocycles. The molecule has 0 saturated carbocycles. The van der Waals surface area contributed by atoms with Gasteiger partial charge in [0.25, 0.3) is 5.91 Å². The van der Waals surface area contributed by atoms with Crippen LogP contribution in [0.3, 0.4) is 0 Å². The number of ether oxygens (including phenoxy) is 2. The van der Waals surface area contributed by atoms with Gasteiger partial charge in [-0.15, -0.1) is 0 Å². The molecule has 1 aliphatic rings. The number of hydrogen-bond donors (Lipinski definition) is 2. The van der Waals surface area contributed by atoms with Crippen LogP contribution in [-0.4, -0.2) is 24.2 Å². The van der Waals surface area contributed by atoms with Crippen molar-refractivity contribution in [2.45, 2.75) is 6.10 Å². The molecule has 0 spiro atoms. The van der Waals surface area contributed by atoms with Crippen LogP contribution in [0, 0.1) is 0 Å². The number of nitrogens with one attached hydrogen (secondary N) is 1. The summed E-state index contributed by atoms with van der Waals surface area (Å²) in [5, 5.41) is 12.4. The second kappa shape index (κ2) is 5.85. The molecule has 1 amide bonds. The number of aliphatic hydroxyl groups excluding tert-OH is 1. The van der Waals surface area contributed by atoms with Gasteiger partial charge in [-0.2, -0.15) is 0 Å². The van der Waals surface area contributed by atoms with E-state index in [-0.39, 0.29) is 19.1 Å². The summed E-state index contributed by atoms with van der Waals surface area (Å²) in [4.78, 5) is 11.8. The van der Waals surface area contributed by atoms with Crippen LogP contribution in [0.25, 0.3) is 0 Å². The molecule has 3 rings (SSSR count). The summed E-state index contributed by atoms with van der Waals surface area (Å²) in [6.07, 6.45) is -0.588. The lowest BCUT2D eigenvalue weighted by Crippen LogP contribution is -2.20. The first kappa shape index (κ1) is 13.5. The maximum absolute atomic E-state index is 11.8. The van der Waals surface area contributed by atoms with Crippen molar-refractivity contribution < 1.29 is 19.4 Å². The Morgan fingerprint density at radius 3 is 2.90 bits per heavy atom. The van der Waals surface area contributed by atoms with E-state index in [1.807, 2.05) is 30.3 Å². The van der Waals surface area contributed by atoms with E-state index in [1.54, 1.807) is 18.2 Å². The molecular weight excluding hydrogens is 270 g/mol. The summed E-state index contributed by atoms with van der Waals surface area (Å²) in [6.45, 7) is 0.170. The molecule has 2 aromatic carbocycles. The van der Waals surface area contributed by atoms with Gasteiger partial charge < -0.3 is 19.9 Å². The van der Waals surface area contributed by atoms with Crippen molar-refractivity contribution in [1.29, 1.82) is 0 Å². The molecular formula is C16H15NO4. The van der Waals surface area contributed by atoms with Gasteiger partial charge in [0.1, 0.15) is 24.2 Å². The van der Waals surface area contributed by atoms with E-state index in [0.717, 1.165) is 11.3 Å². The zero-order valence-corrected chi connectivity index (χ0v) is 11.3. The molecule has 2 aromatic rings. The number of fused-ring (bicyclic) bond motifs is 1. The third kappa shape index (κ3) is 3.14. The molecule has 0 aliphatic carbocycles. The average molecular weight is 285 g/mol. The van der Waals surface area contributed by atoms with Crippen molar-refractivity contribution in [2.75, 3.05) is 18.5 Å². The van der Waals surface area contributed by atoms with Crippen LogP contribution in [0.4, 0.5) is 5.69 Å². The Kier molecular flexibility index (Phi) is 3.75. The molecule has 0 radical (unpaired) electrons. The first-order valence-corrected chi connectivity index (χ1v) is 6.65. The Bertz CT molecular complexity index is 642. The number of hydrogen-bond acceptors (Lipinski definition) is 4. The Morgan fingerprint density at radius 1 is 1.29 bits per heavy atom. The summed E-state index contributed by atoms with van der Waals surface area (Å²) >= 11 is 0. The van der Waals surface area contributed by atoms with Gasteiger partial charge in [-0.1, -0.05) is 18.2 Å². The van der Waals surface area contributed by atoms with Gasteiger partial charge in [0.05, 0.1) is 0 Å². The quantitative estimate of drug-likeness (QED) is 0.903. The van der Waals surface area contributed by atoms with Gasteiger partial charge in [0, 0.05) is 17.3 Å². The number of carbonyl (C=O) groups is 1. The minimum atomic E-state index is -0.588. The smallest absolute Gasteiger partial charge is 0.262 e. The first-order chi connectivity index (χ1) is 10.2. The van der Waals surface area contributed by atoms with Crippen LogP contribution in [0.5, 0.6) is 11.5 Å². The number of rotatable bonds is 4. The Hall–Kier alpha value is -2.53. The lowest BCUT2D eigenvalue weighted by molar-refractivity contribution is -0.118. The average Bonchev–Trinajstić information content (AvgIpc) is 2.87. The van der Waals surface area contributed by atoms with Crippen LogP contribution in [0.2, 0.25) is 0 Å². The van der Waals surface area contributed by atoms with Crippen molar-refractivity contribution >= 4 is 11.6 Å². The van der Waals surface area contributed by atoms with Gasteiger partial charge >= 0.3 is 0 Å². The predicted molar refractivity (Wildman–Crippen MR) is 77.5 cm³/mol. The molecule has 1 unspecified atom stereocenters. The highest BCUT2D eigenvalue weighted by Gasteiger charge is 2.22. The van der Waals surface area contributed by atoms with E-state index < -0.39 is 6.10 Å². The number of anilines is 1. The van der Waals surface area contributed by atoms with E-state index in [9.17, 15) is 9.90 Å². The fraction of sp³-hybridized carbons (Fsp3) is 0.188. The Balaban J connectivity index is 1.57. The Labute approximate surface area is 122 Å². The SMILES string of the molecule is O=C(COc1ccc2c(c1)OCC2O)Nc1ccccc1. The van der Waals surface area contributed by atoms with Crippen LogP contribution >= 0.6 is 0 Å². The number of aliphatic hydroxyl groups is 1. The van der Waals surface area contributed by atoms with E-state index in [1.165, 1.54) is 0 Å². The van der Waals surface area contributed by atoms with Crippen molar-refractivity contribution in [2.24, 2.45) is 0 Å². The van der Waals surface area contributed by atoms with Crippen molar-refractivity contribution in [1.82, 2.24) is 0 Å². The van der Waals surface area contributed by atoms with Crippen LogP contribution < -0.4 is 14.8 Å². The summed E-state index contributed by atoms with van der Waals surface area (Å²) in [5.74, 6) is 0.900. The largest absolute Gasteiger partial charge is 0.490 e. The normalized spacial score (nSPS) is 16.0. The number of benzene rings is 2. The predicted octanol–water partition coefficient (Wildman–Crippen LogP) is 2.13. The van der Waals surface area contributed by atoms with Crippen molar-refractivity contribution in [3.8, 4) is 11.5 Å². The van der Waals surface area contributed by atoms with Crippen LogP contribution in [0.1, 0.15) is 11.7 Å². The van der Waals surface area contributed by atoms with Crippen LogP contribution in [-0.2, 0) is 4.79 Å². The summed E-state index contributed by atoms with van der Waals surface area (Å²) in [5.41, 5.74) is 1.47. The first-order valence-electron chi connectivity index (χ1n) is 6.65. The topological polar surface area (TPSA) is 67.8 Å². The summed E-state index contributed by atoms with van der Waals surface area (Å²) in [7, 11) is 0. The van der Waals surface area contributed by atoms with E-state index in [0.29, 0.717) is 11.5 Å². The van der Waals surface area contributed by atoms with E-state index >= 15 is 0 Å². The fourth-order valence-corrected chi connectivity index (χ4v) is 2.13. The highest BCUT2D eigenvalue weighted by Crippen LogP contribution is 2.34. The monoisotopic (exact) mass is 285 g/mol. The summed E-state index contributed by atoms with van der Waals surface area (Å²) < 4.78 is 10.8. The highest BCUT2D eigenvalue weighted by molar-refractivity contribution is 5.91. The van der Waals surface area contributed by atoms with Gasteiger partial charge in [-0.25, -0.2) is 0 Å². The molecule has 1 atom stereocenters. The van der Waals surface area contributed by atoms with Crippen molar-refractivity contribution in [3.63, 3.8) is 0 Å². The van der Waals surface area contributed by atoms with E-state index in [2.05, 4.69) is 5.32 Å². The molecule has 108 valence electrons. The summed E-state index contributed by atoms with van der Waals surface area (Å²) in [6, 6.07) is 14.3. The highest BCUT2D eigenvalue weighted by atomic mass is 16.5. The fourth-order valence-electron chi connectivity index (χ4n) is 2.13. The maximum atomic E-state index is 11.8. The molecule has 5 heteroatoms. The van der Waals surface area contributed by atoms with Gasteiger partial charge in [0.2, 0.25) is 0 Å². The third-order valence-electron chi connectivity index (χ3n) is 3.17. The second-order valence-electron chi connectivity index (χ2n) is 4.73. The zero-order chi connectivity index (χ0) is 14.7. The molecule has 1 heterocycles. The number of carbonyl (C=O) groups excluding carboxylic acids is 1. The minimum absolute atomic E-state index is 0.0871. The second-order valence-corrected chi connectivity index (χ2v) is 4.73. The standard InChI is InChI=1S/C16H15NO4/c18-14-9-21-15-8-12(6-7-13(14)15)20-10-16(19)17-11-4-2-1-3-5-11/h1-8,14,18H,9-10H2,(H,17,19). The molecule has 0 bridgehead atoms. The van der Waals surface area contributed by atoms with E-state index in [4.69, 9.17) is 9.47 Å². The van der Waals surface area contributed by atoms with Crippen LogP contribution in [0.15, 0.2) is 48.5 Å². The zero-order valence-electron chi connectivity index (χ0n) is 11.3. The number of para-hydroxylation sites is 1. The third-order valence-corrected chi connectivity index (χ3v) is 3.17. The molecule has 21 heavy (non-hydrogen) atoms. The number of amides is 1. The molecule has 5 nitrogen and oxygen atoms in total. The molecule has 2 N–H and O–H groups in total. The maximum Gasteiger partial charge on any atom is 0.262 e. The van der Waals surface area contributed by atoms with Gasteiger partial charge in [-0.05, 0) is 24.3 Å². The van der Waals surface area contributed by atoms with Crippen molar-refractivity contribution in [3.05, 3.63) is 54.1 Å². The molecule has 0 saturated heterocycles.